The fraction of sp³-hybridized carbons (Fsp3) is 0.190. The summed E-state index contributed by atoms with van der Waals surface area (Å²) in [5, 5.41) is 3.25. The number of hydrogen-bond donors (Lipinski definition) is 1. The van der Waals surface area contributed by atoms with Gasteiger partial charge in [0.1, 0.15) is 5.75 Å². The molecule has 3 aromatic rings. The van der Waals surface area contributed by atoms with E-state index in [0.717, 1.165) is 21.8 Å². The Morgan fingerprint density at radius 3 is 2.82 bits per heavy atom. The summed E-state index contributed by atoms with van der Waals surface area (Å²) < 4.78 is 10.4. The molecule has 1 atom stereocenters. The first-order valence-corrected chi connectivity index (χ1v) is 9.61. The monoisotopic (exact) mass is 394 g/mol. The number of carbonyl (C=O) groups excluding carboxylic acids is 2. The lowest BCUT2D eigenvalue weighted by atomic mass is 9.98. The number of methoxy groups -OCH3 is 1. The average Bonchev–Trinajstić information content (AvgIpc) is 3.15. The maximum Gasteiger partial charge on any atom is 0.339 e. The third kappa shape index (κ3) is 3.89. The van der Waals surface area contributed by atoms with E-state index in [9.17, 15) is 9.59 Å². The molecule has 2 aromatic carbocycles. The standard InChI is InChI=1S/C21H18N2O4S/c1-26-15-8-6-13(7-9-15)10-16-12-22-21(28-16)23-19(24)18-11-14-4-2-3-5-17(14)20(25)27-18/h2-9,12,18H,10-11H2,1H3,(H,22,23,24)/t18-/m1/s1. The van der Waals surface area contributed by atoms with Crippen LogP contribution in [0.1, 0.15) is 26.4 Å². The molecule has 1 aromatic heterocycles. The molecule has 1 N–H and O–H groups in total. The Morgan fingerprint density at radius 2 is 2.04 bits per heavy atom. The smallest absolute Gasteiger partial charge is 0.339 e. The van der Waals surface area contributed by atoms with Crippen molar-refractivity contribution in [2.75, 3.05) is 12.4 Å². The SMILES string of the molecule is COc1ccc(Cc2cnc(NC(=O)[C@H]3Cc4ccccc4C(=O)O3)s2)cc1. The van der Waals surface area contributed by atoms with Crippen molar-refractivity contribution in [2.24, 2.45) is 0 Å². The molecule has 0 saturated heterocycles. The van der Waals surface area contributed by atoms with Gasteiger partial charge in [-0.1, -0.05) is 30.3 Å². The van der Waals surface area contributed by atoms with Crippen molar-refractivity contribution < 1.29 is 19.1 Å². The van der Waals surface area contributed by atoms with E-state index >= 15 is 0 Å². The van der Waals surface area contributed by atoms with Gasteiger partial charge in [-0.05, 0) is 29.3 Å². The molecule has 28 heavy (non-hydrogen) atoms. The zero-order valence-electron chi connectivity index (χ0n) is 15.2. The van der Waals surface area contributed by atoms with Gasteiger partial charge >= 0.3 is 5.97 Å². The minimum Gasteiger partial charge on any atom is -0.497 e. The molecule has 2 heterocycles. The minimum atomic E-state index is -0.851. The van der Waals surface area contributed by atoms with Crippen molar-refractivity contribution in [1.82, 2.24) is 4.98 Å². The quantitative estimate of drug-likeness (QED) is 0.671. The van der Waals surface area contributed by atoms with Crippen molar-refractivity contribution in [3.8, 4) is 5.75 Å². The molecule has 0 fully saturated rings. The fourth-order valence-corrected chi connectivity index (χ4v) is 3.90. The van der Waals surface area contributed by atoms with Crippen LogP contribution in [-0.2, 0) is 22.4 Å². The van der Waals surface area contributed by atoms with Crippen LogP contribution in [0, 0.1) is 0 Å². The molecule has 0 spiro atoms. The van der Waals surface area contributed by atoms with Crippen LogP contribution in [0.15, 0.2) is 54.7 Å². The number of hydrogen-bond acceptors (Lipinski definition) is 6. The summed E-state index contributed by atoms with van der Waals surface area (Å²) in [7, 11) is 1.63. The molecule has 0 aliphatic carbocycles. The number of ether oxygens (including phenoxy) is 2. The summed E-state index contributed by atoms with van der Waals surface area (Å²) in [6.07, 6.45) is 1.96. The van der Waals surface area contributed by atoms with Gasteiger partial charge in [0.05, 0.1) is 12.7 Å². The van der Waals surface area contributed by atoms with Gasteiger partial charge < -0.3 is 9.47 Å². The van der Waals surface area contributed by atoms with Crippen LogP contribution in [0.5, 0.6) is 5.75 Å². The Morgan fingerprint density at radius 1 is 1.25 bits per heavy atom. The number of benzene rings is 2. The number of nitrogens with one attached hydrogen (secondary N) is 1. The summed E-state index contributed by atoms with van der Waals surface area (Å²) in [6.45, 7) is 0. The molecule has 4 rings (SSSR count). The van der Waals surface area contributed by atoms with E-state index < -0.39 is 12.1 Å². The Balaban J connectivity index is 1.39. The molecule has 6 nitrogen and oxygen atoms in total. The molecule has 0 saturated carbocycles. The van der Waals surface area contributed by atoms with Crippen LogP contribution < -0.4 is 10.1 Å². The predicted octanol–water partition coefficient (Wildman–Crippen LogP) is 3.46. The molecule has 0 bridgehead atoms. The van der Waals surface area contributed by atoms with E-state index in [0.29, 0.717) is 23.5 Å². The van der Waals surface area contributed by atoms with Crippen LogP contribution in [0.4, 0.5) is 5.13 Å². The number of nitrogens with zero attached hydrogens (tertiary/aromatic N) is 1. The van der Waals surface area contributed by atoms with Crippen molar-refractivity contribution in [2.45, 2.75) is 18.9 Å². The van der Waals surface area contributed by atoms with E-state index in [1.54, 1.807) is 25.4 Å². The Kier molecular flexibility index (Phi) is 5.08. The summed E-state index contributed by atoms with van der Waals surface area (Å²) in [6, 6.07) is 15.0. The first-order valence-electron chi connectivity index (χ1n) is 8.80. The van der Waals surface area contributed by atoms with Crippen LogP contribution in [0.3, 0.4) is 0 Å². The predicted molar refractivity (Wildman–Crippen MR) is 106 cm³/mol. The highest BCUT2D eigenvalue weighted by Crippen LogP contribution is 2.25. The minimum absolute atomic E-state index is 0.359. The number of amides is 1. The number of rotatable bonds is 5. The number of carbonyl (C=O) groups is 2. The molecule has 7 heteroatoms. The van der Waals surface area contributed by atoms with Gasteiger partial charge in [0.25, 0.3) is 5.91 Å². The summed E-state index contributed by atoms with van der Waals surface area (Å²) in [5.74, 6) is -0.0286. The summed E-state index contributed by atoms with van der Waals surface area (Å²) >= 11 is 1.40. The second-order valence-corrected chi connectivity index (χ2v) is 7.52. The molecule has 1 amide bonds. The lowest BCUT2D eigenvalue weighted by Crippen LogP contribution is -2.37. The van der Waals surface area contributed by atoms with Crippen LogP contribution in [0.25, 0.3) is 0 Å². The van der Waals surface area contributed by atoms with Gasteiger partial charge in [0.2, 0.25) is 0 Å². The van der Waals surface area contributed by atoms with Crippen LogP contribution in [-0.4, -0.2) is 30.1 Å². The molecule has 1 aliphatic heterocycles. The molecular weight excluding hydrogens is 376 g/mol. The van der Waals surface area contributed by atoms with Gasteiger partial charge in [0.15, 0.2) is 11.2 Å². The molecule has 0 unspecified atom stereocenters. The lowest BCUT2D eigenvalue weighted by molar-refractivity contribution is -0.125. The lowest BCUT2D eigenvalue weighted by Gasteiger charge is -2.23. The highest BCUT2D eigenvalue weighted by molar-refractivity contribution is 7.15. The number of esters is 1. The van der Waals surface area contributed by atoms with Gasteiger partial charge in [-0.3, -0.25) is 10.1 Å². The number of cyclic esters (lactones) is 1. The third-order valence-corrected chi connectivity index (χ3v) is 5.42. The van der Waals surface area contributed by atoms with Crippen LogP contribution >= 0.6 is 11.3 Å². The van der Waals surface area contributed by atoms with Crippen molar-refractivity contribution in [3.63, 3.8) is 0 Å². The molecule has 1 aliphatic rings. The number of fused-ring (bicyclic) bond motifs is 1. The van der Waals surface area contributed by atoms with Gasteiger partial charge in [-0.25, -0.2) is 9.78 Å². The Hall–Kier alpha value is -3.19. The highest BCUT2D eigenvalue weighted by Gasteiger charge is 2.31. The van der Waals surface area contributed by atoms with Crippen molar-refractivity contribution in [1.29, 1.82) is 0 Å². The maximum atomic E-state index is 12.5. The number of thiazole rings is 1. The van der Waals surface area contributed by atoms with Crippen LogP contribution in [0.2, 0.25) is 0 Å². The van der Waals surface area contributed by atoms with Crippen molar-refractivity contribution >= 4 is 28.3 Å². The molecule has 142 valence electrons. The second-order valence-electron chi connectivity index (χ2n) is 6.40. The fourth-order valence-electron chi connectivity index (χ4n) is 3.06. The Bertz CT molecular complexity index is 1010. The summed E-state index contributed by atoms with van der Waals surface area (Å²) in [5.41, 5.74) is 2.46. The van der Waals surface area contributed by atoms with Gasteiger partial charge in [-0.15, -0.1) is 11.3 Å². The zero-order valence-corrected chi connectivity index (χ0v) is 16.0. The van der Waals surface area contributed by atoms with E-state index in [1.165, 1.54) is 11.3 Å². The zero-order chi connectivity index (χ0) is 19.5. The molecular formula is C21H18N2O4S. The van der Waals surface area contributed by atoms with E-state index in [1.807, 2.05) is 36.4 Å². The Labute approximate surface area is 166 Å². The van der Waals surface area contributed by atoms with E-state index in [4.69, 9.17) is 9.47 Å². The topological polar surface area (TPSA) is 77.5 Å². The van der Waals surface area contributed by atoms with Gasteiger partial charge in [0, 0.05) is 23.9 Å². The van der Waals surface area contributed by atoms with Gasteiger partial charge in [-0.2, -0.15) is 0 Å². The number of anilines is 1. The number of aromatic nitrogens is 1. The largest absolute Gasteiger partial charge is 0.497 e. The third-order valence-electron chi connectivity index (χ3n) is 4.51. The molecule has 0 radical (unpaired) electrons. The first-order chi connectivity index (χ1) is 13.6. The first kappa shape index (κ1) is 18.2. The van der Waals surface area contributed by atoms with E-state index in [2.05, 4.69) is 10.3 Å². The maximum absolute atomic E-state index is 12.5. The van der Waals surface area contributed by atoms with E-state index in [-0.39, 0.29) is 5.91 Å². The summed E-state index contributed by atoms with van der Waals surface area (Å²) in [4.78, 5) is 29.9. The van der Waals surface area contributed by atoms with Crippen molar-refractivity contribution in [3.05, 3.63) is 76.3 Å². The second kappa shape index (κ2) is 7.82. The normalized spacial score (nSPS) is 15.5. The highest BCUT2D eigenvalue weighted by atomic mass is 32.1. The average molecular weight is 394 g/mol.